The lowest BCUT2D eigenvalue weighted by Gasteiger charge is -2.44. The number of hydrogen-bond acceptors (Lipinski definition) is 5. The van der Waals surface area contributed by atoms with Gasteiger partial charge in [-0.3, -0.25) is 0 Å². The van der Waals surface area contributed by atoms with Gasteiger partial charge >= 0.3 is 0 Å². The van der Waals surface area contributed by atoms with E-state index in [1.807, 2.05) is 19.1 Å². The number of β-amino-alcohol motifs (C(OH)–C–C–N with tert-alkyl or cyclic N) is 1. The van der Waals surface area contributed by atoms with Gasteiger partial charge in [0.1, 0.15) is 23.8 Å². The Balaban J connectivity index is 1.24. The molecule has 2 aromatic carbocycles. The molecule has 0 radical (unpaired) electrons. The minimum Gasteiger partial charge on any atom is -0.490 e. The fraction of sp³-hybridized carbons (Fsp3) is 0.538. The third kappa shape index (κ3) is 5.61. The highest BCUT2D eigenvalue weighted by Gasteiger charge is 2.38. The van der Waals surface area contributed by atoms with Crippen LogP contribution in [0.5, 0.6) is 5.75 Å². The van der Waals surface area contributed by atoms with E-state index in [9.17, 15) is 14.6 Å². The second-order valence-corrected chi connectivity index (χ2v) is 9.75. The average Bonchev–Trinajstić information content (AvgIpc) is 2.76. The van der Waals surface area contributed by atoms with E-state index in [4.69, 9.17) is 4.74 Å². The Bertz CT molecular complexity index is 902. The Morgan fingerprint density at radius 3 is 2.12 bits per heavy atom. The zero-order valence-electron chi connectivity index (χ0n) is 19.2. The molecule has 2 fully saturated rings. The number of halogens is 1. The zero-order valence-corrected chi connectivity index (χ0v) is 19.2. The molecule has 0 spiro atoms. The molecule has 0 unspecified atom stereocenters. The average molecular weight is 443 g/mol. The van der Waals surface area contributed by atoms with Gasteiger partial charge in [-0.25, -0.2) is 4.39 Å². The molecule has 32 heavy (non-hydrogen) atoms. The Morgan fingerprint density at radius 1 is 0.875 bits per heavy atom. The number of aliphatic hydroxyl groups is 2. The van der Waals surface area contributed by atoms with Crippen molar-refractivity contribution < 1.29 is 19.3 Å². The summed E-state index contributed by atoms with van der Waals surface area (Å²) in [5.74, 6) is 0.598. The quantitative estimate of drug-likeness (QED) is 0.715. The van der Waals surface area contributed by atoms with Crippen LogP contribution in [0.15, 0.2) is 42.5 Å². The monoisotopic (exact) mass is 442 g/mol. The summed E-state index contributed by atoms with van der Waals surface area (Å²) in [7, 11) is 0. The van der Waals surface area contributed by atoms with Crippen molar-refractivity contribution in [2.45, 2.75) is 50.7 Å². The van der Waals surface area contributed by atoms with Crippen molar-refractivity contribution in [1.29, 1.82) is 0 Å². The Hall–Kier alpha value is -2.15. The number of aryl methyl sites for hydroxylation is 2. The van der Waals surface area contributed by atoms with Crippen LogP contribution in [0.1, 0.15) is 36.8 Å². The second-order valence-electron chi connectivity index (χ2n) is 9.75. The van der Waals surface area contributed by atoms with Crippen molar-refractivity contribution >= 4 is 5.69 Å². The molecular formula is C26H35FN2O3. The van der Waals surface area contributed by atoms with E-state index in [0.29, 0.717) is 38.8 Å². The molecule has 2 aliphatic heterocycles. The van der Waals surface area contributed by atoms with Gasteiger partial charge in [0.2, 0.25) is 0 Å². The molecule has 0 saturated carbocycles. The van der Waals surface area contributed by atoms with Crippen LogP contribution < -0.4 is 9.64 Å². The predicted octanol–water partition coefficient (Wildman–Crippen LogP) is 3.68. The first-order valence-corrected chi connectivity index (χ1v) is 11.6. The summed E-state index contributed by atoms with van der Waals surface area (Å²) in [6.07, 6.45) is 2.63. The highest BCUT2D eigenvalue weighted by Crippen LogP contribution is 2.30. The van der Waals surface area contributed by atoms with E-state index >= 15 is 0 Å². The highest BCUT2D eigenvalue weighted by molar-refractivity contribution is 5.46. The summed E-state index contributed by atoms with van der Waals surface area (Å²) in [5, 5.41) is 22.2. The van der Waals surface area contributed by atoms with Crippen LogP contribution in [0.2, 0.25) is 0 Å². The van der Waals surface area contributed by atoms with Crippen LogP contribution >= 0.6 is 0 Å². The van der Waals surface area contributed by atoms with Crippen molar-refractivity contribution in [2.24, 2.45) is 0 Å². The second kappa shape index (κ2) is 9.38. The third-order valence-corrected chi connectivity index (χ3v) is 7.02. The summed E-state index contributed by atoms with van der Waals surface area (Å²) in [5.41, 5.74) is 1.73. The molecule has 5 nitrogen and oxygen atoms in total. The van der Waals surface area contributed by atoms with E-state index in [1.54, 1.807) is 12.1 Å². The normalized spacial score (nSPS) is 20.8. The molecule has 2 aliphatic rings. The van der Waals surface area contributed by atoms with Crippen LogP contribution in [-0.4, -0.2) is 65.6 Å². The molecule has 2 heterocycles. The van der Waals surface area contributed by atoms with Crippen LogP contribution in [-0.2, 0) is 0 Å². The smallest absolute Gasteiger partial charge is 0.123 e. The first-order valence-electron chi connectivity index (χ1n) is 11.6. The van der Waals surface area contributed by atoms with Gasteiger partial charge in [-0.1, -0.05) is 17.7 Å². The van der Waals surface area contributed by atoms with Gasteiger partial charge in [0, 0.05) is 38.4 Å². The summed E-state index contributed by atoms with van der Waals surface area (Å²) in [6, 6.07) is 12.6. The first kappa shape index (κ1) is 23.0. The van der Waals surface area contributed by atoms with Crippen LogP contribution in [0.4, 0.5) is 10.1 Å². The molecule has 2 N–H and O–H groups in total. The fourth-order valence-electron chi connectivity index (χ4n) is 4.85. The molecule has 0 atom stereocenters. The number of anilines is 1. The van der Waals surface area contributed by atoms with Crippen molar-refractivity contribution in [3.8, 4) is 5.75 Å². The fourth-order valence-corrected chi connectivity index (χ4v) is 4.85. The van der Waals surface area contributed by atoms with Gasteiger partial charge in [-0.05, 0) is 75.4 Å². The van der Waals surface area contributed by atoms with Crippen LogP contribution in [0, 0.1) is 19.7 Å². The number of nitrogens with zero attached hydrogens (tertiary/aromatic N) is 2. The number of piperidine rings is 2. The maximum atomic E-state index is 13.2. The zero-order chi connectivity index (χ0) is 22.8. The number of likely N-dealkylation sites (tertiary alicyclic amines) is 1. The first-order chi connectivity index (χ1) is 15.2. The van der Waals surface area contributed by atoms with Crippen LogP contribution in [0.25, 0.3) is 0 Å². The number of rotatable bonds is 6. The summed E-state index contributed by atoms with van der Waals surface area (Å²) >= 11 is 0. The molecule has 0 amide bonds. The minimum absolute atomic E-state index is 0.230. The number of ether oxygens (including phenoxy) is 1. The minimum atomic E-state index is -0.831. The molecule has 4 rings (SSSR count). The number of hydrogen-bond donors (Lipinski definition) is 2. The van der Waals surface area contributed by atoms with Crippen molar-refractivity contribution in [1.82, 2.24) is 4.90 Å². The molecule has 2 saturated heterocycles. The van der Waals surface area contributed by atoms with E-state index in [0.717, 1.165) is 43.2 Å². The third-order valence-electron chi connectivity index (χ3n) is 7.02. The molecule has 0 bridgehead atoms. The van der Waals surface area contributed by atoms with Gasteiger partial charge in [0.05, 0.1) is 5.60 Å². The van der Waals surface area contributed by atoms with Crippen molar-refractivity contribution in [3.05, 3.63) is 59.4 Å². The van der Waals surface area contributed by atoms with Gasteiger partial charge in [-0.15, -0.1) is 0 Å². The lowest BCUT2D eigenvalue weighted by molar-refractivity contribution is -0.0747. The molecule has 0 aromatic heterocycles. The highest BCUT2D eigenvalue weighted by atomic mass is 19.1. The van der Waals surface area contributed by atoms with Crippen LogP contribution in [0.3, 0.4) is 0 Å². The van der Waals surface area contributed by atoms with Gasteiger partial charge in [0.25, 0.3) is 0 Å². The maximum Gasteiger partial charge on any atom is 0.123 e. The molecule has 6 heteroatoms. The summed E-state index contributed by atoms with van der Waals surface area (Å²) < 4.78 is 19.1. The van der Waals surface area contributed by atoms with E-state index in [1.165, 1.54) is 17.7 Å². The van der Waals surface area contributed by atoms with E-state index in [2.05, 4.69) is 22.8 Å². The Morgan fingerprint density at radius 2 is 1.50 bits per heavy atom. The van der Waals surface area contributed by atoms with Crippen molar-refractivity contribution in [3.63, 3.8) is 0 Å². The molecular weight excluding hydrogens is 407 g/mol. The predicted molar refractivity (Wildman–Crippen MR) is 125 cm³/mol. The van der Waals surface area contributed by atoms with E-state index < -0.39 is 11.2 Å². The summed E-state index contributed by atoms with van der Waals surface area (Å²) in [4.78, 5) is 4.46. The van der Waals surface area contributed by atoms with Gasteiger partial charge in [0.15, 0.2) is 0 Å². The molecule has 0 aliphatic carbocycles. The SMILES string of the molecule is Cc1ccc(OCC2(O)CCN(CC3(O)CCN(c4ccc(F)cc4)CC3)CC2)c(C)c1. The topological polar surface area (TPSA) is 56.2 Å². The lowest BCUT2D eigenvalue weighted by atomic mass is 9.87. The van der Waals surface area contributed by atoms with Crippen molar-refractivity contribution in [2.75, 3.05) is 44.2 Å². The standard InChI is InChI=1S/C26H35FN2O3/c1-20-3-8-24(21(2)17-20)32-19-26(31)9-13-28(14-10-26)18-25(30)11-15-29(16-12-25)23-6-4-22(27)5-7-23/h3-8,17,30-31H,9-16,18-19H2,1-2H3. The van der Waals surface area contributed by atoms with E-state index in [-0.39, 0.29) is 5.82 Å². The van der Waals surface area contributed by atoms with Gasteiger partial charge in [-0.2, -0.15) is 0 Å². The molecule has 2 aromatic rings. The number of benzene rings is 2. The lowest BCUT2D eigenvalue weighted by Crippen LogP contribution is -2.55. The largest absolute Gasteiger partial charge is 0.490 e. The Kier molecular flexibility index (Phi) is 6.75. The Labute approximate surface area is 190 Å². The van der Waals surface area contributed by atoms with Gasteiger partial charge < -0.3 is 24.7 Å². The maximum absolute atomic E-state index is 13.2. The molecule has 174 valence electrons. The summed E-state index contributed by atoms with van der Waals surface area (Å²) in [6.45, 7) is 8.00.